The Balaban J connectivity index is 0.000000437. The van der Waals surface area contributed by atoms with Gasteiger partial charge in [-0.25, -0.2) is 9.18 Å². The van der Waals surface area contributed by atoms with Gasteiger partial charge in [0.15, 0.2) is 11.6 Å². The predicted molar refractivity (Wildman–Crippen MR) is 60.7 cm³/mol. The fraction of sp³-hybridized carbons (Fsp3) is 0. The van der Waals surface area contributed by atoms with Crippen LogP contribution in [0.4, 0.5) is 4.39 Å². The maximum atomic E-state index is 12.6. The van der Waals surface area contributed by atoms with Gasteiger partial charge in [0.2, 0.25) is 0 Å². The van der Waals surface area contributed by atoms with Crippen LogP contribution in [0.25, 0.3) is 0 Å². The second-order valence-corrected chi connectivity index (χ2v) is 6.55. The molecular formula is C7H4Cl3FO5S. The normalized spacial score (nSPS) is 10.4. The smallest absolute Gasteiger partial charge is 0.335 e. The molecule has 5 nitrogen and oxygen atoms in total. The van der Waals surface area contributed by atoms with Crippen LogP contribution in [0.2, 0.25) is 5.02 Å². The van der Waals surface area contributed by atoms with Gasteiger partial charge < -0.3 is 10.2 Å². The van der Waals surface area contributed by atoms with Crippen molar-refractivity contribution in [2.75, 3.05) is 0 Å². The van der Waals surface area contributed by atoms with Crippen molar-refractivity contribution in [2.24, 2.45) is 0 Å². The van der Waals surface area contributed by atoms with Crippen molar-refractivity contribution < 1.29 is 27.8 Å². The zero-order valence-electron chi connectivity index (χ0n) is 7.69. The largest absolute Gasteiger partial charge is 0.504 e. The molecule has 0 amide bonds. The van der Waals surface area contributed by atoms with Crippen LogP contribution in [0.15, 0.2) is 12.1 Å². The van der Waals surface area contributed by atoms with E-state index in [1.165, 1.54) is 0 Å². The molecule has 0 saturated heterocycles. The second-order valence-electron chi connectivity index (χ2n) is 2.47. The number of carbonyl (C=O) groups is 1. The number of halogens is 4. The number of phenols is 1. The molecule has 0 fully saturated rings. The third-order valence-electron chi connectivity index (χ3n) is 1.26. The quantitative estimate of drug-likeness (QED) is 0.774. The van der Waals surface area contributed by atoms with E-state index in [2.05, 4.69) is 21.4 Å². The summed E-state index contributed by atoms with van der Waals surface area (Å²) in [6, 6.07) is 1.67. The summed E-state index contributed by atoms with van der Waals surface area (Å²) in [6.07, 6.45) is 0. The van der Waals surface area contributed by atoms with Gasteiger partial charge in [-0.15, -0.1) is 0 Å². The lowest BCUT2D eigenvalue weighted by Gasteiger charge is -1.99. The van der Waals surface area contributed by atoms with E-state index in [4.69, 9.17) is 30.2 Å². The Morgan fingerprint density at radius 3 is 2.00 bits per heavy atom. The lowest BCUT2D eigenvalue weighted by molar-refractivity contribution is 0.0696. The van der Waals surface area contributed by atoms with Crippen LogP contribution in [-0.4, -0.2) is 24.6 Å². The van der Waals surface area contributed by atoms with Crippen molar-refractivity contribution >= 4 is 47.2 Å². The highest BCUT2D eigenvalue weighted by Gasteiger charge is 2.11. The highest BCUT2D eigenvalue weighted by atomic mass is 36.0. The molecule has 0 radical (unpaired) electrons. The topological polar surface area (TPSA) is 91.7 Å². The molecule has 0 aromatic heterocycles. The molecule has 0 bridgehead atoms. The number of phenolic OH excluding ortho intramolecular Hbond substituents is 1. The van der Waals surface area contributed by atoms with Crippen molar-refractivity contribution in [3.63, 3.8) is 0 Å². The number of hydrogen-bond acceptors (Lipinski definition) is 4. The summed E-state index contributed by atoms with van der Waals surface area (Å²) in [4.78, 5) is 10.3. The van der Waals surface area contributed by atoms with Crippen molar-refractivity contribution in [2.45, 2.75) is 0 Å². The first kappa shape index (κ1) is 16.2. The highest BCUT2D eigenvalue weighted by Crippen LogP contribution is 2.27. The van der Waals surface area contributed by atoms with Gasteiger partial charge in [-0.2, -0.15) is 8.42 Å². The van der Waals surface area contributed by atoms with Gasteiger partial charge in [-0.1, -0.05) is 11.6 Å². The molecule has 0 aliphatic heterocycles. The molecule has 0 saturated carbocycles. The molecule has 1 aromatic carbocycles. The van der Waals surface area contributed by atoms with Crippen LogP contribution >= 0.6 is 33.0 Å². The summed E-state index contributed by atoms with van der Waals surface area (Å²) >= 11 is 5.31. The second kappa shape index (κ2) is 6.25. The van der Waals surface area contributed by atoms with E-state index in [9.17, 15) is 9.18 Å². The summed E-state index contributed by atoms with van der Waals surface area (Å²) in [5, 5.41) is 16.9. The van der Waals surface area contributed by atoms with Crippen molar-refractivity contribution in [3.05, 3.63) is 28.5 Å². The Bertz CT molecular complexity index is 499. The Hall–Kier alpha value is -0.760. The number of aromatic hydroxyl groups is 1. The number of hydrogen-bond donors (Lipinski definition) is 2. The summed E-state index contributed by atoms with van der Waals surface area (Å²) in [5.41, 5.74) is -0.296. The van der Waals surface area contributed by atoms with Crippen LogP contribution < -0.4 is 0 Å². The van der Waals surface area contributed by atoms with E-state index >= 15 is 0 Å². The molecule has 0 aliphatic carbocycles. The van der Waals surface area contributed by atoms with Crippen LogP contribution in [-0.2, 0) is 8.26 Å². The monoisotopic (exact) mass is 324 g/mol. The average Bonchev–Trinajstić information content (AvgIpc) is 2.10. The van der Waals surface area contributed by atoms with Crippen LogP contribution in [0.5, 0.6) is 5.75 Å². The lowest BCUT2D eigenvalue weighted by atomic mass is 10.2. The molecule has 1 rings (SSSR count). The zero-order valence-corrected chi connectivity index (χ0v) is 10.8. The summed E-state index contributed by atoms with van der Waals surface area (Å²) in [7, 11) is 4.81. The molecule has 2 N–H and O–H groups in total. The third kappa shape index (κ3) is 7.22. The SMILES string of the molecule is O=C(O)c1cc(F)c(O)c(Cl)c1.O=S(=O)(Cl)Cl. The Morgan fingerprint density at radius 1 is 1.29 bits per heavy atom. The highest BCUT2D eigenvalue weighted by molar-refractivity contribution is 8.31. The minimum Gasteiger partial charge on any atom is -0.504 e. The third-order valence-corrected chi connectivity index (χ3v) is 1.55. The van der Waals surface area contributed by atoms with Crippen molar-refractivity contribution in [3.8, 4) is 5.75 Å². The van der Waals surface area contributed by atoms with Crippen LogP contribution in [0.3, 0.4) is 0 Å². The molecular weight excluding hydrogens is 321 g/mol. The molecule has 1 aromatic rings. The van der Waals surface area contributed by atoms with E-state index in [0.29, 0.717) is 6.07 Å². The number of benzene rings is 1. The Kier molecular flexibility index (Phi) is 5.97. The van der Waals surface area contributed by atoms with Gasteiger partial charge >= 0.3 is 14.2 Å². The zero-order chi connectivity index (χ0) is 13.8. The average molecular weight is 326 g/mol. The van der Waals surface area contributed by atoms with Gasteiger partial charge in [0.25, 0.3) is 0 Å². The minimum atomic E-state index is -3.72. The standard InChI is InChI=1S/C7H4ClFO3.Cl2O2S/c8-4-1-3(7(11)12)2-5(9)6(4)10;1-5(2,3)4/h1-2,10H,(H,11,12);. The van der Waals surface area contributed by atoms with Gasteiger partial charge in [-0.3, -0.25) is 0 Å². The Labute approximate surface area is 109 Å². The van der Waals surface area contributed by atoms with Gasteiger partial charge in [0.1, 0.15) is 0 Å². The fourth-order valence-electron chi connectivity index (χ4n) is 0.689. The first-order valence-corrected chi connectivity index (χ1v) is 7.09. The summed E-state index contributed by atoms with van der Waals surface area (Å²) in [5.74, 6) is -3.07. The first-order chi connectivity index (χ1) is 7.52. The van der Waals surface area contributed by atoms with Gasteiger partial charge in [0, 0.05) is 21.4 Å². The fourth-order valence-corrected chi connectivity index (χ4v) is 0.897. The Morgan fingerprint density at radius 2 is 1.71 bits per heavy atom. The summed E-state index contributed by atoms with van der Waals surface area (Å²) < 4.78 is 30.9. The number of carboxylic acids is 1. The molecule has 96 valence electrons. The van der Waals surface area contributed by atoms with E-state index in [1.54, 1.807) is 0 Å². The molecule has 0 spiro atoms. The number of aromatic carboxylic acids is 1. The number of rotatable bonds is 1. The van der Waals surface area contributed by atoms with Crippen LogP contribution in [0.1, 0.15) is 10.4 Å². The predicted octanol–water partition coefficient (Wildman–Crippen LogP) is 2.59. The van der Waals surface area contributed by atoms with Gasteiger partial charge in [-0.05, 0) is 12.1 Å². The maximum absolute atomic E-state index is 12.6. The molecule has 0 aliphatic rings. The van der Waals surface area contributed by atoms with E-state index in [-0.39, 0.29) is 10.6 Å². The van der Waals surface area contributed by atoms with Crippen molar-refractivity contribution in [1.82, 2.24) is 0 Å². The molecule has 0 heterocycles. The van der Waals surface area contributed by atoms with Gasteiger partial charge in [0.05, 0.1) is 10.6 Å². The lowest BCUT2D eigenvalue weighted by Crippen LogP contribution is -1.96. The van der Waals surface area contributed by atoms with E-state index in [0.717, 1.165) is 6.07 Å². The molecule has 10 heteroatoms. The minimum absolute atomic E-state index is 0.296. The van der Waals surface area contributed by atoms with Crippen molar-refractivity contribution in [1.29, 1.82) is 0 Å². The summed E-state index contributed by atoms with van der Waals surface area (Å²) in [6.45, 7) is 0. The van der Waals surface area contributed by atoms with E-state index in [1.807, 2.05) is 0 Å². The molecule has 0 atom stereocenters. The molecule has 17 heavy (non-hydrogen) atoms. The maximum Gasteiger partial charge on any atom is 0.335 e. The van der Waals surface area contributed by atoms with Crippen LogP contribution in [0, 0.1) is 5.82 Å². The number of carboxylic acid groups (broad SMARTS) is 1. The first-order valence-electron chi connectivity index (χ1n) is 3.58. The van der Waals surface area contributed by atoms with E-state index < -0.39 is 25.8 Å². The molecule has 0 unspecified atom stereocenters.